The second kappa shape index (κ2) is 9.70. The summed E-state index contributed by atoms with van der Waals surface area (Å²) in [7, 11) is 0. The lowest BCUT2D eigenvalue weighted by atomic mass is 9.95. The molecule has 2 aliphatic rings. The van der Waals surface area contributed by atoms with Gasteiger partial charge in [0, 0.05) is 31.1 Å². The van der Waals surface area contributed by atoms with E-state index in [0.717, 1.165) is 68.9 Å². The molecule has 0 radical (unpaired) electrons. The number of carbonyl (C=O) groups excluding carboxylic acids is 2. The first-order chi connectivity index (χ1) is 15.1. The summed E-state index contributed by atoms with van der Waals surface area (Å²) in [5, 5.41) is 3.59. The number of nitrogens with one attached hydrogen (secondary N) is 1. The summed E-state index contributed by atoms with van der Waals surface area (Å²) < 4.78 is 5.76. The second-order valence-corrected chi connectivity index (χ2v) is 9.10. The quantitative estimate of drug-likeness (QED) is 0.688. The van der Waals surface area contributed by atoms with Crippen LogP contribution in [-0.4, -0.2) is 56.0 Å². The predicted octanol–water partition coefficient (Wildman–Crippen LogP) is 2.89. The van der Waals surface area contributed by atoms with Gasteiger partial charge in [0.25, 0.3) is 5.91 Å². The molecule has 3 N–H and O–H groups in total. The number of thiophene rings is 1. The summed E-state index contributed by atoms with van der Waals surface area (Å²) >= 11 is 1.51. The normalized spacial score (nSPS) is 16.6. The number of ether oxygens (including phenoxy) is 1. The Morgan fingerprint density at radius 3 is 2.61 bits per heavy atom. The van der Waals surface area contributed by atoms with E-state index in [1.54, 1.807) is 0 Å². The molecule has 0 atom stereocenters. The lowest BCUT2D eigenvalue weighted by molar-refractivity contribution is -0.117. The Morgan fingerprint density at radius 1 is 1.13 bits per heavy atom. The third kappa shape index (κ3) is 4.85. The third-order valence-corrected chi connectivity index (χ3v) is 7.12. The van der Waals surface area contributed by atoms with E-state index in [9.17, 15) is 9.59 Å². The molecular formula is C23H30N4O3S. The number of rotatable bonds is 7. The van der Waals surface area contributed by atoms with Gasteiger partial charge in [0.1, 0.15) is 10.8 Å². The molecule has 0 unspecified atom stereocenters. The van der Waals surface area contributed by atoms with Crippen molar-refractivity contribution in [3.63, 3.8) is 0 Å². The predicted molar refractivity (Wildman–Crippen MR) is 124 cm³/mol. The van der Waals surface area contributed by atoms with Crippen LogP contribution in [0.15, 0.2) is 24.3 Å². The summed E-state index contributed by atoms with van der Waals surface area (Å²) in [6.45, 7) is 6.17. The van der Waals surface area contributed by atoms with Crippen molar-refractivity contribution in [1.82, 2.24) is 4.90 Å². The molecule has 2 amide bonds. The molecule has 166 valence electrons. The summed E-state index contributed by atoms with van der Waals surface area (Å²) in [6, 6.07) is 8.08. The maximum Gasteiger partial charge on any atom is 0.251 e. The van der Waals surface area contributed by atoms with Gasteiger partial charge in [0.15, 0.2) is 0 Å². The zero-order valence-corrected chi connectivity index (χ0v) is 18.8. The number of nitrogens with zero attached hydrogens (tertiary/aromatic N) is 2. The van der Waals surface area contributed by atoms with E-state index < -0.39 is 5.91 Å². The highest BCUT2D eigenvalue weighted by Crippen LogP contribution is 2.38. The standard InChI is InChI=1S/C23H30N4O3S/c1-2-30-18-9-5-4-8-17(18)27-13-11-26(12-14-27)15-20(28)25-23-21(22(24)29)16-7-3-6-10-19(16)31-23/h4-5,8-9H,2-3,6-7,10-15H2,1H3,(H2,24,29)(H,25,28). The van der Waals surface area contributed by atoms with Crippen LogP contribution in [0.3, 0.4) is 0 Å². The zero-order chi connectivity index (χ0) is 21.8. The first-order valence-electron chi connectivity index (χ1n) is 11.0. The maximum atomic E-state index is 12.7. The van der Waals surface area contributed by atoms with E-state index >= 15 is 0 Å². The molecule has 0 spiro atoms. The van der Waals surface area contributed by atoms with Crippen LogP contribution >= 0.6 is 11.3 Å². The summed E-state index contributed by atoms with van der Waals surface area (Å²) in [5.74, 6) is 0.359. The summed E-state index contributed by atoms with van der Waals surface area (Å²) in [4.78, 5) is 30.4. The summed E-state index contributed by atoms with van der Waals surface area (Å²) in [5.41, 5.74) is 8.30. The highest BCUT2D eigenvalue weighted by atomic mass is 32.1. The smallest absolute Gasteiger partial charge is 0.251 e. The van der Waals surface area contributed by atoms with Crippen molar-refractivity contribution < 1.29 is 14.3 Å². The minimum atomic E-state index is -0.448. The van der Waals surface area contributed by atoms with Crippen LogP contribution in [0, 0.1) is 0 Å². The molecule has 8 heteroatoms. The minimum absolute atomic E-state index is 0.0933. The molecular weight excluding hydrogens is 412 g/mol. The van der Waals surface area contributed by atoms with Crippen LogP contribution < -0.4 is 20.7 Å². The number of hydrogen-bond donors (Lipinski definition) is 2. The number of primary amides is 1. The molecule has 0 saturated carbocycles. The fourth-order valence-electron chi connectivity index (χ4n) is 4.43. The van der Waals surface area contributed by atoms with Crippen molar-refractivity contribution >= 4 is 33.8 Å². The number of anilines is 2. The van der Waals surface area contributed by atoms with Crippen LogP contribution in [0.25, 0.3) is 0 Å². The van der Waals surface area contributed by atoms with Crippen LogP contribution in [0.1, 0.15) is 40.6 Å². The average Bonchev–Trinajstić information content (AvgIpc) is 3.13. The highest BCUT2D eigenvalue weighted by Gasteiger charge is 2.26. The topological polar surface area (TPSA) is 87.9 Å². The number of hydrogen-bond acceptors (Lipinski definition) is 6. The van der Waals surface area contributed by atoms with Crippen molar-refractivity contribution in [3.05, 3.63) is 40.3 Å². The number of para-hydroxylation sites is 2. The maximum absolute atomic E-state index is 12.7. The second-order valence-electron chi connectivity index (χ2n) is 7.99. The Kier molecular flexibility index (Phi) is 6.77. The number of nitrogens with two attached hydrogens (primary N) is 1. The number of benzene rings is 1. The van der Waals surface area contributed by atoms with Gasteiger partial charge in [-0.05, 0) is 50.3 Å². The van der Waals surface area contributed by atoms with Crippen LogP contribution in [-0.2, 0) is 17.6 Å². The van der Waals surface area contributed by atoms with Gasteiger partial charge < -0.3 is 20.7 Å². The van der Waals surface area contributed by atoms with Gasteiger partial charge in [-0.1, -0.05) is 12.1 Å². The van der Waals surface area contributed by atoms with Crippen LogP contribution in [0.4, 0.5) is 10.7 Å². The van der Waals surface area contributed by atoms with Crippen molar-refractivity contribution in [2.24, 2.45) is 5.73 Å². The zero-order valence-electron chi connectivity index (χ0n) is 18.0. The van der Waals surface area contributed by atoms with Gasteiger partial charge in [-0.15, -0.1) is 11.3 Å². The first-order valence-corrected chi connectivity index (χ1v) is 11.8. The fraction of sp³-hybridized carbons (Fsp3) is 0.478. The van der Waals surface area contributed by atoms with Crippen molar-refractivity contribution in [2.45, 2.75) is 32.6 Å². The Hall–Kier alpha value is -2.58. The Morgan fingerprint density at radius 2 is 1.87 bits per heavy atom. The molecule has 1 aliphatic heterocycles. The number of amides is 2. The van der Waals surface area contributed by atoms with Gasteiger partial charge in [-0.25, -0.2) is 0 Å². The van der Waals surface area contributed by atoms with E-state index in [0.29, 0.717) is 23.7 Å². The van der Waals surface area contributed by atoms with E-state index in [-0.39, 0.29) is 5.91 Å². The Bertz CT molecular complexity index is 950. The first kappa shape index (κ1) is 21.6. The number of carbonyl (C=O) groups is 2. The van der Waals surface area contributed by atoms with Crippen molar-refractivity contribution in [1.29, 1.82) is 0 Å². The van der Waals surface area contributed by atoms with E-state index in [4.69, 9.17) is 10.5 Å². The molecule has 1 fully saturated rings. The molecule has 7 nitrogen and oxygen atoms in total. The van der Waals surface area contributed by atoms with Gasteiger partial charge in [0.05, 0.1) is 24.4 Å². The van der Waals surface area contributed by atoms with Crippen molar-refractivity contribution in [3.8, 4) is 5.75 Å². The lowest BCUT2D eigenvalue weighted by Gasteiger charge is -2.36. The van der Waals surface area contributed by atoms with Crippen LogP contribution in [0.5, 0.6) is 5.75 Å². The minimum Gasteiger partial charge on any atom is -0.492 e. The molecule has 1 saturated heterocycles. The molecule has 1 aromatic heterocycles. The highest BCUT2D eigenvalue weighted by molar-refractivity contribution is 7.17. The molecule has 1 aliphatic carbocycles. The Labute approximate surface area is 187 Å². The van der Waals surface area contributed by atoms with Crippen molar-refractivity contribution in [2.75, 3.05) is 49.5 Å². The molecule has 1 aromatic carbocycles. The molecule has 4 rings (SSSR count). The largest absolute Gasteiger partial charge is 0.492 e. The SMILES string of the molecule is CCOc1ccccc1N1CCN(CC(=O)Nc2sc3c(c2C(N)=O)CCCC3)CC1. The molecule has 31 heavy (non-hydrogen) atoms. The number of fused-ring (bicyclic) bond motifs is 1. The Balaban J connectivity index is 1.35. The van der Waals surface area contributed by atoms with E-state index in [1.807, 2.05) is 25.1 Å². The number of aryl methyl sites for hydroxylation is 1. The summed E-state index contributed by atoms with van der Waals surface area (Å²) in [6.07, 6.45) is 4.01. The van der Waals surface area contributed by atoms with Gasteiger partial charge in [-0.3, -0.25) is 14.5 Å². The molecule has 2 heterocycles. The average molecular weight is 443 g/mol. The van der Waals surface area contributed by atoms with Gasteiger partial charge in [-0.2, -0.15) is 0 Å². The van der Waals surface area contributed by atoms with E-state index in [1.165, 1.54) is 16.2 Å². The van der Waals surface area contributed by atoms with Gasteiger partial charge >= 0.3 is 0 Å². The van der Waals surface area contributed by atoms with Gasteiger partial charge in [0.2, 0.25) is 5.91 Å². The molecule has 2 aromatic rings. The lowest BCUT2D eigenvalue weighted by Crippen LogP contribution is -2.48. The monoisotopic (exact) mass is 442 g/mol. The molecule has 0 bridgehead atoms. The van der Waals surface area contributed by atoms with E-state index in [2.05, 4.69) is 21.2 Å². The van der Waals surface area contributed by atoms with Crippen LogP contribution in [0.2, 0.25) is 0 Å². The number of piperazine rings is 1. The third-order valence-electron chi connectivity index (χ3n) is 5.92. The fourth-order valence-corrected chi connectivity index (χ4v) is 5.74.